The first kappa shape index (κ1) is 20.4. The molecule has 0 heterocycles. The highest BCUT2D eigenvalue weighted by Crippen LogP contribution is 2.16. The fourth-order valence-corrected chi connectivity index (χ4v) is 2.76. The molecule has 26 heavy (non-hydrogen) atoms. The van der Waals surface area contributed by atoms with Crippen LogP contribution in [0.1, 0.15) is 16.7 Å². The minimum absolute atomic E-state index is 0.156. The van der Waals surface area contributed by atoms with E-state index in [0.29, 0.717) is 25.3 Å². The summed E-state index contributed by atoms with van der Waals surface area (Å²) >= 11 is 0. The molecule has 0 saturated heterocycles. The van der Waals surface area contributed by atoms with Gasteiger partial charge in [-0.1, -0.05) is 24.3 Å². The van der Waals surface area contributed by atoms with Crippen LogP contribution in [-0.4, -0.2) is 49.5 Å². The maximum atomic E-state index is 13.5. The standard InChI is InChI=1S/C21H28FNO3/c1-16-10-17(2)12-20(11-16)26-9-8-23(3)13-19(24)15-25-14-18-6-4-5-7-21(18)22/h4-7,10-12,19,24H,8-9,13-15H2,1-3H3. The van der Waals surface area contributed by atoms with E-state index >= 15 is 0 Å². The van der Waals surface area contributed by atoms with Crippen LogP contribution in [0.3, 0.4) is 0 Å². The van der Waals surface area contributed by atoms with E-state index in [1.54, 1.807) is 18.2 Å². The molecule has 5 heteroatoms. The van der Waals surface area contributed by atoms with Gasteiger partial charge in [0.1, 0.15) is 18.2 Å². The largest absolute Gasteiger partial charge is 0.492 e. The number of likely N-dealkylation sites (N-methyl/N-ethyl adjacent to an activating group) is 1. The molecule has 0 bridgehead atoms. The number of nitrogens with zero attached hydrogens (tertiary/aromatic N) is 1. The van der Waals surface area contributed by atoms with Crippen molar-refractivity contribution >= 4 is 0 Å². The first-order valence-corrected chi connectivity index (χ1v) is 8.83. The van der Waals surface area contributed by atoms with Crippen LogP contribution in [-0.2, 0) is 11.3 Å². The average Bonchev–Trinajstić information content (AvgIpc) is 2.55. The fourth-order valence-electron chi connectivity index (χ4n) is 2.76. The summed E-state index contributed by atoms with van der Waals surface area (Å²) in [7, 11) is 1.92. The van der Waals surface area contributed by atoms with Crippen molar-refractivity contribution in [3.05, 3.63) is 65.0 Å². The van der Waals surface area contributed by atoms with Crippen molar-refractivity contribution in [2.45, 2.75) is 26.6 Å². The van der Waals surface area contributed by atoms with E-state index in [-0.39, 0.29) is 19.0 Å². The SMILES string of the molecule is Cc1cc(C)cc(OCCN(C)CC(O)COCc2ccccc2F)c1. The summed E-state index contributed by atoms with van der Waals surface area (Å²) in [5, 5.41) is 10.1. The van der Waals surface area contributed by atoms with Gasteiger partial charge in [-0.25, -0.2) is 4.39 Å². The third-order valence-electron chi connectivity index (χ3n) is 3.99. The third-order valence-corrected chi connectivity index (χ3v) is 3.99. The molecule has 0 saturated carbocycles. The van der Waals surface area contributed by atoms with Crippen molar-refractivity contribution in [3.8, 4) is 5.75 Å². The lowest BCUT2D eigenvalue weighted by atomic mass is 10.1. The lowest BCUT2D eigenvalue weighted by Gasteiger charge is -2.21. The Morgan fingerprint density at radius 2 is 1.81 bits per heavy atom. The molecule has 0 spiro atoms. The van der Waals surface area contributed by atoms with E-state index in [1.165, 1.54) is 17.2 Å². The minimum atomic E-state index is -0.631. The van der Waals surface area contributed by atoms with Gasteiger partial charge in [0.25, 0.3) is 0 Å². The molecule has 0 fully saturated rings. The number of hydrogen-bond acceptors (Lipinski definition) is 4. The monoisotopic (exact) mass is 361 g/mol. The van der Waals surface area contributed by atoms with E-state index in [0.717, 1.165) is 5.75 Å². The van der Waals surface area contributed by atoms with Crippen LogP contribution >= 0.6 is 0 Å². The highest BCUT2D eigenvalue weighted by molar-refractivity contribution is 5.32. The van der Waals surface area contributed by atoms with Crippen LogP contribution in [0.4, 0.5) is 4.39 Å². The Morgan fingerprint density at radius 3 is 2.50 bits per heavy atom. The van der Waals surface area contributed by atoms with Gasteiger partial charge in [0.2, 0.25) is 0 Å². The Balaban J connectivity index is 1.63. The fraction of sp³-hybridized carbons (Fsp3) is 0.429. The summed E-state index contributed by atoms with van der Waals surface area (Å²) in [6.07, 6.45) is -0.631. The highest BCUT2D eigenvalue weighted by Gasteiger charge is 2.10. The summed E-state index contributed by atoms with van der Waals surface area (Å²) < 4.78 is 24.7. The van der Waals surface area contributed by atoms with Crippen molar-refractivity contribution in [1.82, 2.24) is 4.90 Å². The van der Waals surface area contributed by atoms with Gasteiger partial charge in [0.05, 0.1) is 19.3 Å². The minimum Gasteiger partial charge on any atom is -0.492 e. The zero-order valence-electron chi connectivity index (χ0n) is 15.7. The van der Waals surface area contributed by atoms with Gasteiger partial charge in [-0.3, -0.25) is 0 Å². The van der Waals surface area contributed by atoms with Crippen molar-refractivity contribution in [2.75, 3.05) is 33.4 Å². The summed E-state index contributed by atoms with van der Waals surface area (Å²) in [5.41, 5.74) is 2.85. The zero-order chi connectivity index (χ0) is 18.9. The molecule has 1 unspecified atom stereocenters. The molecule has 0 aliphatic rings. The van der Waals surface area contributed by atoms with E-state index in [1.807, 2.05) is 37.9 Å². The number of aliphatic hydroxyl groups is 1. The molecule has 4 nitrogen and oxygen atoms in total. The van der Waals surface area contributed by atoms with Gasteiger partial charge >= 0.3 is 0 Å². The maximum absolute atomic E-state index is 13.5. The molecule has 1 N–H and O–H groups in total. The Bertz CT molecular complexity index is 672. The normalized spacial score (nSPS) is 12.4. The summed E-state index contributed by atoms with van der Waals surface area (Å²) in [6, 6.07) is 12.6. The summed E-state index contributed by atoms with van der Waals surface area (Å²) in [6.45, 7) is 6.11. The molecule has 1 atom stereocenters. The number of ether oxygens (including phenoxy) is 2. The Hall–Kier alpha value is -1.95. The van der Waals surface area contributed by atoms with Crippen molar-refractivity contribution < 1.29 is 19.0 Å². The van der Waals surface area contributed by atoms with Crippen LogP contribution in [0, 0.1) is 19.7 Å². The van der Waals surface area contributed by atoms with Crippen LogP contribution in [0.25, 0.3) is 0 Å². The quantitative estimate of drug-likeness (QED) is 0.705. The number of aliphatic hydroxyl groups excluding tert-OH is 1. The van der Waals surface area contributed by atoms with Gasteiger partial charge in [-0.05, 0) is 50.2 Å². The Morgan fingerprint density at radius 1 is 1.12 bits per heavy atom. The predicted molar refractivity (Wildman–Crippen MR) is 101 cm³/mol. The van der Waals surface area contributed by atoms with Crippen LogP contribution < -0.4 is 4.74 Å². The number of hydrogen-bond donors (Lipinski definition) is 1. The second-order valence-electron chi connectivity index (χ2n) is 6.69. The summed E-state index contributed by atoms with van der Waals surface area (Å²) in [4.78, 5) is 1.99. The molecule has 2 aromatic rings. The Labute approximate surface area is 155 Å². The molecule has 0 amide bonds. The van der Waals surface area contributed by atoms with Crippen LogP contribution in [0.15, 0.2) is 42.5 Å². The van der Waals surface area contributed by atoms with Crippen molar-refractivity contribution in [3.63, 3.8) is 0 Å². The molecular formula is C21H28FNO3. The smallest absolute Gasteiger partial charge is 0.128 e. The molecule has 0 aliphatic heterocycles. The Kier molecular flexibility index (Phi) is 8.04. The lowest BCUT2D eigenvalue weighted by molar-refractivity contribution is 0.0116. The van der Waals surface area contributed by atoms with E-state index in [9.17, 15) is 9.50 Å². The van der Waals surface area contributed by atoms with Gasteiger partial charge in [0, 0.05) is 18.7 Å². The van der Waals surface area contributed by atoms with Gasteiger partial charge in [-0.15, -0.1) is 0 Å². The lowest BCUT2D eigenvalue weighted by Crippen LogP contribution is -2.34. The van der Waals surface area contributed by atoms with E-state index in [4.69, 9.17) is 9.47 Å². The van der Waals surface area contributed by atoms with Crippen LogP contribution in [0.2, 0.25) is 0 Å². The second-order valence-corrected chi connectivity index (χ2v) is 6.69. The number of benzene rings is 2. The summed E-state index contributed by atoms with van der Waals surface area (Å²) in [5.74, 6) is 0.576. The second kappa shape index (κ2) is 10.3. The first-order valence-electron chi connectivity index (χ1n) is 8.83. The van der Waals surface area contributed by atoms with Crippen molar-refractivity contribution in [1.29, 1.82) is 0 Å². The molecule has 2 aromatic carbocycles. The average molecular weight is 361 g/mol. The maximum Gasteiger partial charge on any atom is 0.128 e. The number of rotatable bonds is 10. The van der Waals surface area contributed by atoms with Crippen LogP contribution in [0.5, 0.6) is 5.75 Å². The molecule has 0 aliphatic carbocycles. The zero-order valence-corrected chi connectivity index (χ0v) is 15.7. The topological polar surface area (TPSA) is 41.9 Å². The van der Waals surface area contributed by atoms with E-state index in [2.05, 4.69) is 6.07 Å². The van der Waals surface area contributed by atoms with Gasteiger partial charge < -0.3 is 19.5 Å². The number of halogens is 1. The molecule has 0 radical (unpaired) electrons. The molecule has 142 valence electrons. The predicted octanol–water partition coefficient (Wildman–Crippen LogP) is 3.33. The molecular weight excluding hydrogens is 333 g/mol. The van der Waals surface area contributed by atoms with E-state index < -0.39 is 6.10 Å². The van der Waals surface area contributed by atoms with Crippen molar-refractivity contribution in [2.24, 2.45) is 0 Å². The molecule has 0 aromatic heterocycles. The number of aryl methyl sites for hydroxylation is 2. The molecule has 2 rings (SSSR count). The first-order chi connectivity index (χ1) is 12.4. The third kappa shape index (κ3) is 7.12. The van der Waals surface area contributed by atoms with Gasteiger partial charge in [-0.2, -0.15) is 0 Å². The highest BCUT2D eigenvalue weighted by atomic mass is 19.1. The van der Waals surface area contributed by atoms with Gasteiger partial charge in [0.15, 0.2) is 0 Å².